The Morgan fingerprint density at radius 2 is 0.488 bits per heavy atom. The maximum Gasteiger partial charge on any atom is 0.306 e. The average molecular weight is 1140 g/mol. The number of hydrogen-bond acceptors (Lipinski definition) is 5. The lowest BCUT2D eigenvalue weighted by molar-refractivity contribution is -0.161. The molecule has 0 bridgehead atoms. The summed E-state index contributed by atoms with van der Waals surface area (Å²) in [4.78, 5) is 24.6. The zero-order chi connectivity index (χ0) is 59.1. The zero-order valence-corrected chi connectivity index (χ0v) is 53.7. The summed E-state index contributed by atoms with van der Waals surface area (Å²) < 4.78 is 10.7. The van der Waals surface area contributed by atoms with Crippen molar-refractivity contribution >= 4 is 11.9 Å². The van der Waals surface area contributed by atoms with Gasteiger partial charge in [0.1, 0.15) is 6.61 Å². The fourth-order valence-electron chi connectivity index (χ4n) is 9.82. The van der Waals surface area contributed by atoms with E-state index in [1.807, 2.05) is 0 Å². The van der Waals surface area contributed by atoms with Crippen molar-refractivity contribution in [1.29, 1.82) is 0 Å². The van der Waals surface area contributed by atoms with Crippen LogP contribution in [0.1, 0.15) is 322 Å². The van der Waals surface area contributed by atoms with E-state index in [4.69, 9.17) is 9.47 Å². The molecule has 0 aliphatic carbocycles. The zero-order valence-electron chi connectivity index (χ0n) is 53.7. The molecule has 0 radical (unpaired) electrons. The van der Waals surface area contributed by atoms with Crippen LogP contribution >= 0.6 is 0 Å². The fraction of sp³-hybridized carbons (Fsp3) is 0.688. The van der Waals surface area contributed by atoms with Gasteiger partial charge in [-0.3, -0.25) is 9.59 Å². The van der Waals surface area contributed by atoms with E-state index in [1.54, 1.807) is 0 Å². The summed E-state index contributed by atoms with van der Waals surface area (Å²) in [6.45, 7) is 3.93. The molecule has 0 aromatic carbocycles. The van der Waals surface area contributed by atoms with Crippen molar-refractivity contribution in [2.24, 2.45) is 0 Å². The van der Waals surface area contributed by atoms with Gasteiger partial charge in [0.2, 0.25) is 0 Å². The summed E-state index contributed by atoms with van der Waals surface area (Å²) in [6, 6.07) is 0. The summed E-state index contributed by atoms with van der Waals surface area (Å²) in [5.74, 6) is -0.594. The van der Waals surface area contributed by atoms with Crippen LogP contribution < -0.4 is 0 Å². The quantitative estimate of drug-likeness (QED) is 0.0373. The molecule has 1 atom stereocenters. The Bertz CT molecular complexity index is 1670. The third-order valence-electron chi connectivity index (χ3n) is 14.9. The summed E-state index contributed by atoms with van der Waals surface area (Å²) in [5, 5.41) is 9.70. The second kappa shape index (κ2) is 71.3. The molecule has 1 unspecified atom stereocenters. The molecule has 0 saturated heterocycles. The van der Waals surface area contributed by atoms with Crippen LogP contribution in [-0.4, -0.2) is 36.4 Å². The molecule has 5 heteroatoms. The van der Waals surface area contributed by atoms with E-state index in [-0.39, 0.29) is 25.2 Å². The van der Waals surface area contributed by atoms with Crippen LogP contribution in [0.3, 0.4) is 0 Å². The lowest BCUT2D eigenvalue weighted by Crippen LogP contribution is -2.28. The van der Waals surface area contributed by atoms with Crippen molar-refractivity contribution in [1.82, 2.24) is 0 Å². The van der Waals surface area contributed by atoms with Gasteiger partial charge in [-0.15, -0.1) is 0 Å². The van der Waals surface area contributed by atoms with Crippen LogP contribution in [0, 0.1) is 0 Å². The maximum absolute atomic E-state index is 12.4. The lowest BCUT2D eigenvalue weighted by Gasteiger charge is -2.15. The molecule has 468 valence electrons. The number of allylic oxidation sites excluding steroid dienone is 22. The fourth-order valence-corrected chi connectivity index (χ4v) is 9.82. The Kier molecular flexibility index (Phi) is 67.9. The molecule has 0 heterocycles. The number of hydrogen-bond donors (Lipinski definition) is 1. The Balaban J connectivity index is 3.45. The van der Waals surface area contributed by atoms with Gasteiger partial charge in [-0.2, -0.15) is 0 Å². The second-order valence-corrected chi connectivity index (χ2v) is 22.8. The predicted octanol–water partition coefficient (Wildman–Crippen LogP) is 24.3. The number of aliphatic hydroxyl groups is 1. The monoisotopic (exact) mass is 1130 g/mol. The highest BCUT2D eigenvalue weighted by Crippen LogP contribution is 2.18. The number of rotatable bonds is 63. The van der Waals surface area contributed by atoms with Crippen LogP contribution in [0.25, 0.3) is 0 Å². The third-order valence-corrected chi connectivity index (χ3v) is 14.9. The van der Waals surface area contributed by atoms with Crippen molar-refractivity contribution in [3.63, 3.8) is 0 Å². The smallest absolute Gasteiger partial charge is 0.306 e. The molecular weight excluding hydrogens is 1000 g/mol. The van der Waals surface area contributed by atoms with Crippen LogP contribution in [0.15, 0.2) is 134 Å². The van der Waals surface area contributed by atoms with Crippen LogP contribution in [0.5, 0.6) is 0 Å². The molecule has 0 aromatic heterocycles. The molecule has 0 aliphatic rings. The summed E-state index contributed by atoms with van der Waals surface area (Å²) in [6.07, 6.45) is 106. The Morgan fingerprint density at radius 1 is 0.280 bits per heavy atom. The van der Waals surface area contributed by atoms with Crippen LogP contribution in [-0.2, 0) is 19.1 Å². The molecule has 0 saturated carbocycles. The minimum atomic E-state index is -0.784. The first-order valence-electron chi connectivity index (χ1n) is 34.7. The highest BCUT2D eigenvalue weighted by Gasteiger charge is 2.16. The summed E-state index contributed by atoms with van der Waals surface area (Å²) >= 11 is 0. The minimum absolute atomic E-state index is 0.0722. The maximum atomic E-state index is 12.4. The highest BCUT2D eigenvalue weighted by molar-refractivity contribution is 5.70. The first kappa shape index (κ1) is 78.0. The Morgan fingerprint density at radius 3 is 0.732 bits per heavy atom. The topological polar surface area (TPSA) is 72.8 Å². The van der Waals surface area contributed by atoms with Crippen molar-refractivity contribution in [2.45, 2.75) is 328 Å². The Labute approximate surface area is 508 Å². The average Bonchev–Trinajstić information content (AvgIpc) is 3.49. The molecule has 0 spiro atoms. The molecular formula is C77H130O5. The van der Waals surface area contributed by atoms with Gasteiger partial charge in [-0.05, 0) is 109 Å². The van der Waals surface area contributed by atoms with E-state index < -0.39 is 6.10 Å². The lowest BCUT2D eigenvalue weighted by atomic mass is 10.0. The number of ether oxygens (including phenoxy) is 2. The molecule has 82 heavy (non-hydrogen) atoms. The minimum Gasteiger partial charge on any atom is -0.462 e. The van der Waals surface area contributed by atoms with E-state index in [2.05, 4.69) is 148 Å². The van der Waals surface area contributed by atoms with E-state index in [1.165, 1.54) is 180 Å². The Hall–Kier alpha value is -3.96. The van der Waals surface area contributed by atoms with E-state index in [0.29, 0.717) is 12.8 Å². The first-order valence-corrected chi connectivity index (χ1v) is 34.7. The normalized spacial score (nSPS) is 13.1. The first-order chi connectivity index (χ1) is 40.6. The molecule has 5 nitrogen and oxygen atoms in total. The second-order valence-electron chi connectivity index (χ2n) is 22.8. The van der Waals surface area contributed by atoms with Gasteiger partial charge in [-0.1, -0.05) is 334 Å². The molecule has 0 amide bonds. The number of unbranched alkanes of at least 4 members (excludes halogenated alkanes) is 33. The van der Waals surface area contributed by atoms with Crippen LogP contribution in [0.4, 0.5) is 0 Å². The van der Waals surface area contributed by atoms with Gasteiger partial charge < -0.3 is 14.6 Å². The van der Waals surface area contributed by atoms with Crippen LogP contribution in [0.2, 0.25) is 0 Å². The van der Waals surface area contributed by atoms with Crippen molar-refractivity contribution < 1.29 is 24.2 Å². The molecule has 0 rings (SSSR count). The molecule has 0 fully saturated rings. The van der Waals surface area contributed by atoms with Crippen molar-refractivity contribution in [2.75, 3.05) is 13.2 Å². The van der Waals surface area contributed by atoms with Gasteiger partial charge in [0.15, 0.2) is 6.10 Å². The number of esters is 2. The van der Waals surface area contributed by atoms with Gasteiger partial charge in [0.25, 0.3) is 0 Å². The third kappa shape index (κ3) is 68.5. The molecule has 1 N–H and O–H groups in total. The van der Waals surface area contributed by atoms with E-state index >= 15 is 0 Å². The number of carbonyl (C=O) groups excluding carboxylic acids is 2. The van der Waals surface area contributed by atoms with E-state index in [0.717, 1.165) is 116 Å². The van der Waals surface area contributed by atoms with Crippen molar-refractivity contribution in [3.05, 3.63) is 134 Å². The summed E-state index contributed by atoms with van der Waals surface area (Å²) in [5.41, 5.74) is 0. The molecule has 0 aromatic rings. The van der Waals surface area contributed by atoms with Gasteiger partial charge in [0.05, 0.1) is 6.61 Å². The van der Waals surface area contributed by atoms with E-state index in [9.17, 15) is 14.7 Å². The standard InChI is InChI=1S/C77H130O5/c1-3-5-7-9-11-13-15-17-19-21-23-25-27-29-31-32-33-34-35-36-37-38-39-40-41-42-43-44-46-47-49-51-53-55-57-59-61-63-65-67-69-71-76(79)81-74-75(73-78)82-77(80)72-70-68-66-64-62-60-58-56-54-52-50-48-45-30-28-26-24-22-20-18-16-14-12-10-8-6-4-2/h5-8,11-14,17-20,23-26,29-31,45,50,52,75,78H,3-4,9-10,15-16,21-22,27-28,32-44,46-49,51,53-74H2,1-2H3/b7-5-,8-6-,13-11-,14-12-,19-17-,20-18-,25-23-,26-24-,31-29-,45-30-,52-50-. The SMILES string of the molecule is CC/C=C\C/C=C\C/C=C\C/C=C\C/C=C\C/C=C\CCCCCCCCCCC(=O)OC(CO)COC(=O)CCCCCCCCCCCCCCCCCCCCCCCCCCC/C=C\C/C=C\C/C=C\C/C=C\C/C=C\CC. The van der Waals surface area contributed by atoms with Crippen molar-refractivity contribution in [3.8, 4) is 0 Å². The van der Waals surface area contributed by atoms with Gasteiger partial charge in [-0.25, -0.2) is 0 Å². The predicted molar refractivity (Wildman–Crippen MR) is 361 cm³/mol. The summed E-state index contributed by atoms with van der Waals surface area (Å²) in [7, 11) is 0. The van der Waals surface area contributed by atoms with Gasteiger partial charge >= 0.3 is 11.9 Å². The van der Waals surface area contributed by atoms with Gasteiger partial charge in [0, 0.05) is 12.8 Å². The number of carbonyl (C=O) groups is 2. The molecule has 0 aliphatic heterocycles. The highest BCUT2D eigenvalue weighted by atomic mass is 16.6. The number of aliphatic hydroxyl groups excluding tert-OH is 1. The largest absolute Gasteiger partial charge is 0.462 e.